The zero-order valence-corrected chi connectivity index (χ0v) is 10.0. The van der Waals surface area contributed by atoms with E-state index in [0.717, 1.165) is 11.3 Å². The molecule has 0 aromatic heterocycles. The van der Waals surface area contributed by atoms with Crippen molar-refractivity contribution in [3.05, 3.63) is 28.8 Å². The first-order valence-corrected chi connectivity index (χ1v) is 5.04. The molecule has 0 aliphatic rings. The standard InChI is InChI=1S/C10H13ClN2S/c1-7-4-5-8(11)6-9(7)12-10(14)13(2)3/h4-6H,1-3H3,(H,12,14). The number of nitrogens with zero attached hydrogens (tertiary/aromatic N) is 1. The summed E-state index contributed by atoms with van der Waals surface area (Å²) in [7, 11) is 3.80. The van der Waals surface area contributed by atoms with Crippen LogP contribution < -0.4 is 5.32 Å². The van der Waals surface area contributed by atoms with Crippen LogP contribution in [0.5, 0.6) is 0 Å². The molecular weight excluding hydrogens is 216 g/mol. The topological polar surface area (TPSA) is 15.3 Å². The third-order valence-electron chi connectivity index (χ3n) is 1.85. The molecule has 0 amide bonds. The van der Waals surface area contributed by atoms with E-state index in [2.05, 4.69) is 5.32 Å². The highest BCUT2D eigenvalue weighted by molar-refractivity contribution is 7.80. The molecule has 0 unspecified atom stereocenters. The quantitative estimate of drug-likeness (QED) is 0.745. The maximum atomic E-state index is 5.88. The van der Waals surface area contributed by atoms with Gasteiger partial charge in [-0.25, -0.2) is 0 Å². The molecule has 1 aromatic rings. The number of rotatable bonds is 1. The van der Waals surface area contributed by atoms with Gasteiger partial charge < -0.3 is 10.2 Å². The van der Waals surface area contributed by atoms with Gasteiger partial charge >= 0.3 is 0 Å². The van der Waals surface area contributed by atoms with Crippen molar-refractivity contribution in [2.24, 2.45) is 0 Å². The van der Waals surface area contributed by atoms with Gasteiger partial charge in [-0.05, 0) is 36.8 Å². The van der Waals surface area contributed by atoms with Crippen molar-refractivity contribution in [3.63, 3.8) is 0 Å². The Morgan fingerprint density at radius 3 is 2.64 bits per heavy atom. The molecule has 0 spiro atoms. The molecule has 1 aromatic carbocycles. The predicted octanol–water partition coefficient (Wildman–Crippen LogP) is 2.91. The van der Waals surface area contributed by atoms with Gasteiger partial charge in [0, 0.05) is 24.8 Å². The maximum Gasteiger partial charge on any atom is 0.172 e. The van der Waals surface area contributed by atoms with Gasteiger partial charge in [0.2, 0.25) is 0 Å². The summed E-state index contributed by atoms with van der Waals surface area (Å²) < 4.78 is 0. The van der Waals surface area contributed by atoms with E-state index >= 15 is 0 Å². The van der Waals surface area contributed by atoms with Crippen molar-refractivity contribution in [2.75, 3.05) is 19.4 Å². The zero-order chi connectivity index (χ0) is 10.7. The average Bonchev–Trinajstić information content (AvgIpc) is 2.11. The van der Waals surface area contributed by atoms with Gasteiger partial charge in [-0.3, -0.25) is 0 Å². The van der Waals surface area contributed by atoms with E-state index in [1.165, 1.54) is 0 Å². The van der Waals surface area contributed by atoms with Crippen LogP contribution in [0.25, 0.3) is 0 Å². The summed E-state index contributed by atoms with van der Waals surface area (Å²) in [5.74, 6) is 0. The minimum atomic E-state index is 0.676. The molecule has 0 fully saturated rings. The second-order valence-corrected chi connectivity index (χ2v) is 4.11. The second-order valence-electron chi connectivity index (χ2n) is 3.28. The van der Waals surface area contributed by atoms with Gasteiger partial charge in [0.05, 0.1) is 0 Å². The molecule has 0 aliphatic heterocycles. The molecule has 4 heteroatoms. The molecule has 0 saturated carbocycles. The Balaban J connectivity index is 2.86. The van der Waals surface area contributed by atoms with E-state index in [1.54, 1.807) is 0 Å². The Hall–Kier alpha value is -0.800. The molecule has 14 heavy (non-hydrogen) atoms. The average molecular weight is 229 g/mol. The number of hydrogen-bond acceptors (Lipinski definition) is 1. The summed E-state index contributed by atoms with van der Waals surface area (Å²) in [6, 6.07) is 5.69. The highest BCUT2D eigenvalue weighted by Gasteiger charge is 2.02. The summed E-state index contributed by atoms with van der Waals surface area (Å²) in [6.07, 6.45) is 0. The van der Waals surface area contributed by atoms with Crippen LogP contribution in [0.15, 0.2) is 18.2 Å². The Labute approximate surface area is 94.9 Å². The number of thiocarbonyl (C=S) groups is 1. The van der Waals surface area contributed by atoms with Gasteiger partial charge in [0.15, 0.2) is 5.11 Å². The highest BCUT2D eigenvalue weighted by atomic mass is 35.5. The fourth-order valence-electron chi connectivity index (χ4n) is 0.956. The molecule has 0 radical (unpaired) electrons. The predicted molar refractivity (Wildman–Crippen MR) is 66.1 cm³/mol. The van der Waals surface area contributed by atoms with Gasteiger partial charge in [-0.15, -0.1) is 0 Å². The minimum absolute atomic E-state index is 0.676. The molecule has 1 N–H and O–H groups in total. The normalized spacial score (nSPS) is 9.71. The number of halogens is 1. The number of anilines is 1. The van der Waals surface area contributed by atoms with Gasteiger partial charge in [0.1, 0.15) is 0 Å². The largest absolute Gasteiger partial charge is 0.355 e. The number of nitrogens with one attached hydrogen (secondary N) is 1. The van der Waals surface area contributed by atoms with E-state index < -0.39 is 0 Å². The number of benzene rings is 1. The Morgan fingerprint density at radius 2 is 2.07 bits per heavy atom. The summed E-state index contributed by atoms with van der Waals surface area (Å²) in [5, 5.41) is 4.51. The molecule has 0 saturated heterocycles. The summed E-state index contributed by atoms with van der Waals surface area (Å²) in [5.41, 5.74) is 2.08. The zero-order valence-electron chi connectivity index (χ0n) is 8.47. The number of aryl methyl sites for hydroxylation is 1. The fourth-order valence-corrected chi connectivity index (χ4v) is 1.24. The minimum Gasteiger partial charge on any atom is -0.355 e. The van der Waals surface area contributed by atoms with Crippen molar-refractivity contribution < 1.29 is 0 Å². The van der Waals surface area contributed by atoms with Crippen LogP contribution >= 0.6 is 23.8 Å². The highest BCUT2D eigenvalue weighted by Crippen LogP contribution is 2.20. The molecule has 0 aliphatic carbocycles. The maximum absolute atomic E-state index is 5.88. The van der Waals surface area contributed by atoms with Crippen LogP contribution in [-0.2, 0) is 0 Å². The summed E-state index contributed by atoms with van der Waals surface area (Å²) in [6.45, 7) is 2.01. The van der Waals surface area contributed by atoms with Crippen molar-refractivity contribution in [1.29, 1.82) is 0 Å². The first-order valence-electron chi connectivity index (χ1n) is 4.25. The van der Waals surface area contributed by atoms with E-state index in [-0.39, 0.29) is 0 Å². The third-order valence-corrected chi connectivity index (χ3v) is 2.55. The molecule has 0 heterocycles. The Kier molecular flexibility index (Phi) is 3.72. The van der Waals surface area contributed by atoms with Crippen LogP contribution in [0.4, 0.5) is 5.69 Å². The van der Waals surface area contributed by atoms with Gasteiger partial charge in [-0.1, -0.05) is 17.7 Å². The number of hydrogen-bond donors (Lipinski definition) is 1. The Bertz CT molecular complexity index is 350. The first kappa shape index (κ1) is 11.3. The van der Waals surface area contributed by atoms with Crippen LogP contribution in [0.3, 0.4) is 0 Å². The lowest BCUT2D eigenvalue weighted by molar-refractivity contribution is 0.634. The smallest absolute Gasteiger partial charge is 0.172 e. The fraction of sp³-hybridized carbons (Fsp3) is 0.300. The third kappa shape index (κ3) is 2.86. The first-order chi connectivity index (χ1) is 6.50. The van der Waals surface area contributed by atoms with Gasteiger partial charge in [0.25, 0.3) is 0 Å². The molecule has 0 bridgehead atoms. The van der Waals surface area contributed by atoms with Crippen molar-refractivity contribution >= 4 is 34.6 Å². The SMILES string of the molecule is Cc1ccc(Cl)cc1NC(=S)N(C)C. The van der Waals surface area contributed by atoms with Crippen LogP contribution in [0, 0.1) is 6.92 Å². The Morgan fingerprint density at radius 1 is 1.43 bits per heavy atom. The van der Waals surface area contributed by atoms with Crippen LogP contribution in [0.1, 0.15) is 5.56 Å². The van der Waals surface area contributed by atoms with E-state index in [4.69, 9.17) is 23.8 Å². The molecular formula is C10H13ClN2S. The van der Waals surface area contributed by atoms with E-state index in [9.17, 15) is 0 Å². The summed E-state index contributed by atoms with van der Waals surface area (Å²) >= 11 is 11.0. The monoisotopic (exact) mass is 228 g/mol. The van der Waals surface area contributed by atoms with E-state index in [1.807, 2.05) is 44.1 Å². The van der Waals surface area contributed by atoms with Crippen molar-refractivity contribution in [1.82, 2.24) is 4.90 Å². The molecule has 76 valence electrons. The summed E-state index contributed by atoms with van der Waals surface area (Å²) in [4.78, 5) is 1.84. The van der Waals surface area contributed by atoms with Gasteiger partial charge in [-0.2, -0.15) is 0 Å². The lowest BCUT2D eigenvalue weighted by Gasteiger charge is -2.16. The van der Waals surface area contributed by atoms with Crippen molar-refractivity contribution in [2.45, 2.75) is 6.92 Å². The lowest BCUT2D eigenvalue weighted by Crippen LogP contribution is -2.27. The van der Waals surface area contributed by atoms with Crippen LogP contribution in [0.2, 0.25) is 5.02 Å². The van der Waals surface area contributed by atoms with E-state index in [0.29, 0.717) is 10.1 Å². The van der Waals surface area contributed by atoms with Crippen LogP contribution in [-0.4, -0.2) is 24.1 Å². The second kappa shape index (κ2) is 4.62. The molecule has 0 atom stereocenters. The lowest BCUT2D eigenvalue weighted by atomic mass is 10.2. The van der Waals surface area contributed by atoms with Crippen molar-refractivity contribution in [3.8, 4) is 0 Å². The molecule has 2 nitrogen and oxygen atoms in total. The molecule has 1 rings (SSSR count).